The average Bonchev–Trinajstić information content (AvgIpc) is 3.24. The molecule has 0 saturated carbocycles. The van der Waals surface area contributed by atoms with E-state index < -0.39 is 0 Å². The zero-order valence-corrected chi connectivity index (χ0v) is 14.9. The topological polar surface area (TPSA) is 58.2 Å². The molecule has 1 aliphatic rings. The number of hydrogen-bond donors (Lipinski definition) is 2. The molecule has 4 nitrogen and oxygen atoms in total. The molecule has 0 spiro atoms. The highest BCUT2D eigenvalue weighted by molar-refractivity contribution is 7.17. The Morgan fingerprint density at radius 1 is 0.808 bits per heavy atom. The van der Waals surface area contributed by atoms with Crippen molar-refractivity contribution in [1.82, 2.24) is 0 Å². The third-order valence-corrected chi connectivity index (χ3v) is 5.65. The lowest BCUT2D eigenvalue weighted by Gasteiger charge is -2.09. The second kappa shape index (κ2) is 7.14. The second-order valence-corrected chi connectivity index (χ2v) is 7.31. The van der Waals surface area contributed by atoms with Gasteiger partial charge < -0.3 is 10.6 Å². The summed E-state index contributed by atoms with van der Waals surface area (Å²) in [7, 11) is 0. The lowest BCUT2D eigenvalue weighted by Crippen LogP contribution is -2.17. The van der Waals surface area contributed by atoms with Gasteiger partial charge in [0.05, 0.1) is 5.56 Å². The molecule has 0 saturated heterocycles. The summed E-state index contributed by atoms with van der Waals surface area (Å²) in [6.07, 6.45) is 2.90. The fraction of sp³-hybridized carbons (Fsp3) is 0.143. The van der Waals surface area contributed by atoms with E-state index in [2.05, 4.69) is 10.6 Å². The van der Waals surface area contributed by atoms with Crippen LogP contribution in [0, 0.1) is 0 Å². The number of thiophene rings is 1. The van der Waals surface area contributed by atoms with Crippen molar-refractivity contribution in [2.75, 3.05) is 10.6 Å². The summed E-state index contributed by atoms with van der Waals surface area (Å²) in [6.45, 7) is 0. The van der Waals surface area contributed by atoms with Crippen LogP contribution < -0.4 is 10.6 Å². The Kier molecular flexibility index (Phi) is 4.54. The quantitative estimate of drug-likeness (QED) is 0.704. The average molecular weight is 362 g/mol. The summed E-state index contributed by atoms with van der Waals surface area (Å²) in [6, 6.07) is 18.4. The molecule has 1 aromatic heterocycles. The van der Waals surface area contributed by atoms with Gasteiger partial charge in [-0.25, -0.2) is 0 Å². The van der Waals surface area contributed by atoms with E-state index in [-0.39, 0.29) is 11.8 Å². The fourth-order valence-corrected chi connectivity index (χ4v) is 4.49. The first-order chi connectivity index (χ1) is 12.7. The van der Waals surface area contributed by atoms with Crippen LogP contribution in [-0.4, -0.2) is 11.8 Å². The molecule has 26 heavy (non-hydrogen) atoms. The SMILES string of the molecule is O=C(Nc1sc2c(c1C(=O)Nc1ccccc1)CCC2)c1ccccc1. The summed E-state index contributed by atoms with van der Waals surface area (Å²) in [5.41, 5.74) is 3.01. The number of amides is 2. The zero-order valence-electron chi connectivity index (χ0n) is 14.1. The van der Waals surface area contributed by atoms with Gasteiger partial charge in [0, 0.05) is 16.1 Å². The largest absolute Gasteiger partial charge is 0.322 e. The molecule has 130 valence electrons. The molecule has 5 heteroatoms. The number of nitrogens with one attached hydrogen (secondary N) is 2. The van der Waals surface area contributed by atoms with Gasteiger partial charge in [-0.05, 0) is 49.1 Å². The van der Waals surface area contributed by atoms with E-state index in [1.54, 1.807) is 12.1 Å². The molecule has 1 aliphatic carbocycles. The number of fused-ring (bicyclic) bond motifs is 1. The molecule has 0 unspecified atom stereocenters. The summed E-state index contributed by atoms with van der Waals surface area (Å²) >= 11 is 1.52. The van der Waals surface area contributed by atoms with Gasteiger partial charge in [0.15, 0.2) is 0 Å². The van der Waals surface area contributed by atoms with Crippen LogP contribution in [0.1, 0.15) is 37.6 Å². The van der Waals surface area contributed by atoms with Crippen LogP contribution >= 0.6 is 11.3 Å². The first kappa shape index (κ1) is 16.5. The number of carbonyl (C=O) groups is 2. The minimum atomic E-state index is -0.195. The third kappa shape index (κ3) is 3.26. The van der Waals surface area contributed by atoms with Gasteiger partial charge in [-0.1, -0.05) is 36.4 Å². The number of para-hydroxylation sites is 1. The van der Waals surface area contributed by atoms with E-state index in [1.165, 1.54) is 16.2 Å². The first-order valence-corrected chi connectivity index (χ1v) is 9.41. The van der Waals surface area contributed by atoms with Gasteiger partial charge in [-0.3, -0.25) is 9.59 Å². The highest BCUT2D eigenvalue weighted by atomic mass is 32.1. The Labute approximate surface area is 155 Å². The maximum Gasteiger partial charge on any atom is 0.258 e. The minimum absolute atomic E-state index is 0.168. The molecule has 2 N–H and O–H groups in total. The van der Waals surface area contributed by atoms with Gasteiger partial charge in [0.2, 0.25) is 0 Å². The van der Waals surface area contributed by atoms with Crippen molar-refractivity contribution >= 4 is 33.8 Å². The van der Waals surface area contributed by atoms with Crippen molar-refractivity contribution in [3.05, 3.63) is 82.2 Å². The van der Waals surface area contributed by atoms with Crippen molar-refractivity contribution in [3.8, 4) is 0 Å². The molecule has 2 aromatic carbocycles. The summed E-state index contributed by atoms with van der Waals surface area (Å²) in [4.78, 5) is 26.7. The molecular weight excluding hydrogens is 344 g/mol. The number of aryl methyl sites for hydroxylation is 1. The maximum absolute atomic E-state index is 12.9. The molecule has 3 aromatic rings. The van der Waals surface area contributed by atoms with E-state index in [1.807, 2.05) is 48.5 Å². The summed E-state index contributed by atoms with van der Waals surface area (Å²) in [5, 5.41) is 6.52. The molecule has 0 bridgehead atoms. The standard InChI is InChI=1S/C21H18N2O2S/c24-19(14-8-3-1-4-9-14)23-21-18(16-12-7-13-17(16)26-21)20(25)22-15-10-5-2-6-11-15/h1-6,8-11H,7,12-13H2,(H,22,25)(H,23,24). The van der Waals surface area contributed by atoms with E-state index in [0.29, 0.717) is 16.1 Å². The van der Waals surface area contributed by atoms with Crippen molar-refractivity contribution < 1.29 is 9.59 Å². The maximum atomic E-state index is 12.9. The van der Waals surface area contributed by atoms with Crippen molar-refractivity contribution in [1.29, 1.82) is 0 Å². The number of hydrogen-bond acceptors (Lipinski definition) is 3. The summed E-state index contributed by atoms with van der Waals surface area (Å²) < 4.78 is 0. The van der Waals surface area contributed by atoms with Crippen LogP contribution in [0.25, 0.3) is 0 Å². The predicted octanol–water partition coefficient (Wildman–Crippen LogP) is 4.74. The molecule has 2 amide bonds. The molecule has 1 heterocycles. The van der Waals surface area contributed by atoms with Gasteiger partial charge in [0.1, 0.15) is 5.00 Å². The van der Waals surface area contributed by atoms with Gasteiger partial charge in [-0.2, -0.15) is 0 Å². The highest BCUT2D eigenvalue weighted by Gasteiger charge is 2.27. The Morgan fingerprint density at radius 3 is 2.23 bits per heavy atom. The van der Waals surface area contributed by atoms with Crippen LogP contribution in [0.2, 0.25) is 0 Å². The van der Waals surface area contributed by atoms with Gasteiger partial charge >= 0.3 is 0 Å². The Bertz CT molecular complexity index is 949. The predicted molar refractivity (Wildman–Crippen MR) is 105 cm³/mol. The molecule has 0 fully saturated rings. The zero-order chi connectivity index (χ0) is 17.9. The molecular formula is C21H18N2O2S. The third-order valence-electron chi connectivity index (χ3n) is 4.44. The van der Waals surface area contributed by atoms with Crippen LogP contribution in [0.5, 0.6) is 0 Å². The number of rotatable bonds is 4. The molecule has 4 rings (SSSR count). The Morgan fingerprint density at radius 2 is 1.50 bits per heavy atom. The monoisotopic (exact) mass is 362 g/mol. The first-order valence-electron chi connectivity index (χ1n) is 8.59. The second-order valence-electron chi connectivity index (χ2n) is 6.20. The van der Waals surface area contributed by atoms with Gasteiger partial charge in [0.25, 0.3) is 11.8 Å². The number of benzene rings is 2. The molecule has 0 atom stereocenters. The minimum Gasteiger partial charge on any atom is -0.322 e. The van der Waals surface area contributed by atoms with Crippen molar-refractivity contribution in [2.24, 2.45) is 0 Å². The summed E-state index contributed by atoms with van der Waals surface area (Å²) in [5.74, 6) is -0.363. The fourth-order valence-electron chi connectivity index (χ4n) is 3.21. The molecule has 0 radical (unpaired) electrons. The smallest absolute Gasteiger partial charge is 0.258 e. The van der Waals surface area contributed by atoms with E-state index in [9.17, 15) is 9.59 Å². The lowest BCUT2D eigenvalue weighted by molar-refractivity contribution is 0.102. The van der Waals surface area contributed by atoms with Crippen LogP contribution in [0.15, 0.2) is 60.7 Å². The van der Waals surface area contributed by atoms with Gasteiger partial charge in [-0.15, -0.1) is 11.3 Å². The highest BCUT2D eigenvalue weighted by Crippen LogP contribution is 2.39. The number of anilines is 2. The van der Waals surface area contributed by atoms with Crippen LogP contribution in [-0.2, 0) is 12.8 Å². The van der Waals surface area contributed by atoms with Crippen LogP contribution in [0.4, 0.5) is 10.7 Å². The molecule has 0 aliphatic heterocycles. The van der Waals surface area contributed by atoms with Crippen LogP contribution in [0.3, 0.4) is 0 Å². The normalized spacial score (nSPS) is 12.5. The van der Waals surface area contributed by atoms with E-state index in [4.69, 9.17) is 0 Å². The van der Waals surface area contributed by atoms with E-state index >= 15 is 0 Å². The Balaban J connectivity index is 1.63. The number of carbonyl (C=O) groups excluding carboxylic acids is 2. The lowest BCUT2D eigenvalue weighted by atomic mass is 10.1. The van der Waals surface area contributed by atoms with Crippen molar-refractivity contribution in [3.63, 3.8) is 0 Å². The Hall–Kier alpha value is -2.92. The van der Waals surface area contributed by atoms with Crippen molar-refractivity contribution in [2.45, 2.75) is 19.3 Å². The van der Waals surface area contributed by atoms with E-state index in [0.717, 1.165) is 30.5 Å².